The maximum atomic E-state index is 14.8. The van der Waals surface area contributed by atoms with Crippen LogP contribution in [0, 0.1) is 15.5 Å². The third kappa shape index (κ3) is 8.89. The Bertz CT molecular complexity index is 3190. The maximum absolute atomic E-state index is 14.8. The number of pyridine rings is 2. The molecule has 0 radical (unpaired) electrons. The van der Waals surface area contributed by atoms with Crippen molar-refractivity contribution in [2.24, 2.45) is 5.41 Å². The van der Waals surface area contributed by atoms with E-state index in [4.69, 9.17) is 23.9 Å². The molecule has 1 saturated carbocycles. The standard InChI is InChI=1S/C54H59N9O9S/c1-33(2)40-8-3-4-9-41(40)47-31-70-22-20-61(47)38-28-54(29-38)14-18-60(19-15-54)37-10-11-42(44(25-37)62-43-13-21-69-32-49(43)72-53-46(62)23-34-12-17-56-51(34)58-53)52(64)59-73(67,68)39-26-45(63(65)66)50-48(27-39)71-30-36(57-50)24-35-7-5-6-16-55-35/h3-12,16-17,23,25-27,33,36,38,43,47,49,57H,13-15,18-22,24,28-32H2,1-2H3,(H,56,58)(H,59,64)/t36-,43+,47+,49+/m1/s1. The summed E-state index contributed by atoms with van der Waals surface area (Å²) in [6.45, 7) is 9.37. The Hall–Kier alpha value is -6.80. The molecule has 0 bridgehead atoms. The number of nitro benzene ring substituents is 1. The number of nitrogens with one attached hydrogen (secondary N) is 3. The normalized spacial score (nSPS) is 22.8. The number of nitro groups is 1. The molecule has 3 aromatic heterocycles. The summed E-state index contributed by atoms with van der Waals surface area (Å²) in [7, 11) is -4.71. The monoisotopic (exact) mass is 1010 g/mol. The van der Waals surface area contributed by atoms with Gasteiger partial charge in [0.2, 0.25) is 5.88 Å². The smallest absolute Gasteiger partial charge is 0.297 e. The molecule has 380 valence electrons. The molecule has 12 rings (SSSR count). The fraction of sp³-hybridized carbons (Fsp3) is 0.426. The molecular weight excluding hydrogens is 951 g/mol. The molecule has 3 N–H and O–H groups in total. The summed E-state index contributed by atoms with van der Waals surface area (Å²) < 4.78 is 55.5. The number of nitrogens with zero attached hydrogens (tertiary/aromatic N) is 6. The van der Waals surface area contributed by atoms with Crippen LogP contribution >= 0.6 is 0 Å². The van der Waals surface area contributed by atoms with E-state index in [0.717, 1.165) is 74.8 Å². The summed E-state index contributed by atoms with van der Waals surface area (Å²) >= 11 is 0. The van der Waals surface area contributed by atoms with E-state index in [2.05, 4.69) is 72.8 Å². The van der Waals surface area contributed by atoms with Crippen molar-refractivity contribution in [2.45, 2.75) is 93.5 Å². The highest BCUT2D eigenvalue weighted by molar-refractivity contribution is 7.90. The van der Waals surface area contributed by atoms with Gasteiger partial charge in [0, 0.05) is 80.0 Å². The molecule has 1 amide bonds. The number of anilines is 4. The van der Waals surface area contributed by atoms with E-state index in [1.807, 2.05) is 36.4 Å². The van der Waals surface area contributed by atoms with E-state index in [1.54, 1.807) is 24.5 Å². The fourth-order valence-corrected chi connectivity index (χ4v) is 13.2. The number of benzene rings is 3. The van der Waals surface area contributed by atoms with E-state index >= 15 is 0 Å². The first kappa shape index (κ1) is 47.2. The van der Waals surface area contributed by atoms with Crippen LogP contribution in [0.25, 0.3) is 11.0 Å². The first-order valence-corrected chi connectivity index (χ1v) is 26.9. The molecule has 4 atom stereocenters. The van der Waals surface area contributed by atoms with E-state index in [0.29, 0.717) is 67.5 Å². The highest BCUT2D eigenvalue weighted by atomic mass is 32.2. The molecule has 4 fully saturated rings. The van der Waals surface area contributed by atoms with Crippen LogP contribution in [0.2, 0.25) is 0 Å². The Morgan fingerprint density at radius 1 is 0.945 bits per heavy atom. The van der Waals surface area contributed by atoms with E-state index < -0.39 is 37.5 Å². The molecule has 6 aromatic rings. The second kappa shape index (κ2) is 18.9. The zero-order valence-corrected chi connectivity index (χ0v) is 41.7. The van der Waals surface area contributed by atoms with E-state index in [1.165, 1.54) is 17.2 Å². The van der Waals surface area contributed by atoms with Gasteiger partial charge in [-0.05, 0) is 97.0 Å². The number of H-pyrrole nitrogens is 1. The van der Waals surface area contributed by atoms with Gasteiger partial charge in [-0.25, -0.2) is 13.1 Å². The lowest BCUT2D eigenvalue weighted by Crippen LogP contribution is -2.58. The summed E-state index contributed by atoms with van der Waals surface area (Å²) in [6, 6.07) is 26.0. The van der Waals surface area contributed by atoms with E-state index in [-0.39, 0.29) is 47.1 Å². The number of morpholine rings is 1. The van der Waals surface area contributed by atoms with Crippen LogP contribution in [0.5, 0.6) is 11.6 Å². The first-order chi connectivity index (χ1) is 35.4. The van der Waals surface area contributed by atoms with Gasteiger partial charge in [-0.2, -0.15) is 4.98 Å². The van der Waals surface area contributed by atoms with Crippen molar-refractivity contribution in [1.29, 1.82) is 0 Å². The van der Waals surface area contributed by atoms with Gasteiger partial charge in [0.25, 0.3) is 21.6 Å². The van der Waals surface area contributed by atoms with Crippen LogP contribution < -0.4 is 29.3 Å². The number of amides is 1. The first-order valence-electron chi connectivity index (χ1n) is 25.4. The number of aromatic nitrogens is 3. The van der Waals surface area contributed by atoms with Gasteiger partial charge < -0.3 is 39.0 Å². The van der Waals surface area contributed by atoms with Gasteiger partial charge in [-0.1, -0.05) is 44.2 Å². The summed E-state index contributed by atoms with van der Waals surface area (Å²) in [4.78, 5) is 45.7. The number of aromatic amines is 1. The molecule has 0 unspecified atom stereocenters. The van der Waals surface area contributed by atoms with Crippen molar-refractivity contribution >= 4 is 55.4 Å². The average Bonchev–Trinajstić information content (AvgIpc) is 3.86. The molecule has 73 heavy (non-hydrogen) atoms. The zero-order valence-electron chi connectivity index (χ0n) is 40.9. The second-order valence-corrected chi connectivity index (χ2v) is 22.4. The lowest BCUT2D eigenvalue weighted by molar-refractivity contribution is -0.384. The van der Waals surface area contributed by atoms with Gasteiger partial charge >= 0.3 is 0 Å². The third-order valence-electron chi connectivity index (χ3n) is 16.0. The minimum absolute atomic E-state index is 0.0122. The van der Waals surface area contributed by atoms with E-state index in [9.17, 15) is 23.3 Å². The fourth-order valence-electron chi connectivity index (χ4n) is 12.2. The van der Waals surface area contributed by atoms with Crippen LogP contribution in [0.4, 0.5) is 28.4 Å². The topological polar surface area (TPSA) is 207 Å². The molecule has 8 heterocycles. The Morgan fingerprint density at radius 3 is 2.58 bits per heavy atom. The van der Waals surface area contributed by atoms with Gasteiger partial charge in [0.1, 0.15) is 24.0 Å². The molecule has 3 saturated heterocycles. The summed E-state index contributed by atoms with van der Waals surface area (Å²) in [5.41, 5.74) is 6.07. The predicted octanol–water partition coefficient (Wildman–Crippen LogP) is 8.03. The Kier molecular flexibility index (Phi) is 12.2. The summed E-state index contributed by atoms with van der Waals surface area (Å²) in [5.74, 6) is -0.131. The predicted molar refractivity (Wildman–Crippen MR) is 275 cm³/mol. The van der Waals surface area contributed by atoms with Crippen molar-refractivity contribution in [3.05, 3.63) is 130 Å². The lowest BCUT2D eigenvalue weighted by Gasteiger charge is -2.57. The van der Waals surface area contributed by atoms with Gasteiger partial charge in [-0.15, -0.1) is 0 Å². The number of rotatable bonds is 11. The van der Waals surface area contributed by atoms with Crippen LogP contribution in [0.3, 0.4) is 0 Å². The number of carbonyl (C=O) groups excluding carboxylic acids is 1. The Labute approximate surface area is 423 Å². The van der Waals surface area contributed by atoms with Gasteiger partial charge in [-0.3, -0.25) is 24.8 Å². The quantitative estimate of drug-likeness (QED) is 0.0830. The average molecular weight is 1010 g/mol. The Balaban J connectivity index is 0.835. The highest BCUT2D eigenvalue weighted by Gasteiger charge is 2.50. The summed E-state index contributed by atoms with van der Waals surface area (Å²) in [6.07, 6.45) is 8.33. The number of hydrogen-bond acceptors (Lipinski definition) is 15. The van der Waals surface area contributed by atoms with Crippen LogP contribution in [-0.2, 0) is 25.9 Å². The van der Waals surface area contributed by atoms with Crippen LogP contribution in [0.1, 0.15) is 85.1 Å². The Morgan fingerprint density at radius 2 is 1.77 bits per heavy atom. The zero-order chi connectivity index (χ0) is 50.0. The SMILES string of the molecule is CC(C)c1ccccc1[C@@H]1COCCN1C1CC2(CCN(c3ccc(C(=O)NS(=O)(=O)c4cc5c(c([N+](=O)[O-])c4)N[C@H](Cc4ccccn4)CO5)c(N4c5cc6cc[nH]c6nc5O[C@H]5COCC[C@@H]54)c3)CC2)C1. The largest absolute Gasteiger partial charge is 0.489 e. The van der Waals surface area contributed by atoms with Crippen LogP contribution in [0.15, 0.2) is 102 Å². The van der Waals surface area contributed by atoms with Crippen molar-refractivity contribution in [1.82, 2.24) is 24.6 Å². The molecule has 1 aliphatic carbocycles. The summed E-state index contributed by atoms with van der Waals surface area (Å²) in [5, 5.41) is 16.5. The number of sulfonamides is 1. The molecule has 6 aliphatic rings. The van der Waals surface area contributed by atoms with Crippen molar-refractivity contribution in [2.75, 3.05) is 67.8 Å². The lowest BCUT2D eigenvalue weighted by atomic mass is 9.59. The molecule has 18 nitrogen and oxygen atoms in total. The molecule has 1 spiro atoms. The molecule has 3 aromatic carbocycles. The number of piperidine rings is 1. The third-order valence-corrected chi connectivity index (χ3v) is 17.3. The molecule has 5 aliphatic heterocycles. The molecule has 19 heteroatoms. The number of ether oxygens (including phenoxy) is 4. The maximum Gasteiger partial charge on any atom is 0.297 e. The minimum Gasteiger partial charge on any atom is -0.489 e. The number of hydrogen-bond donors (Lipinski definition) is 3. The minimum atomic E-state index is -4.71. The van der Waals surface area contributed by atoms with Gasteiger partial charge in [0.15, 0.2) is 11.4 Å². The van der Waals surface area contributed by atoms with Crippen molar-refractivity contribution < 1.29 is 37.1 Å². The highest BCUT2D eigenvalue weighted by Crippen LogP contribution is 2.54. The van der Waals surface area contributed by atoms with Crippen LogP contribution in [-0.4, -0.2) is 116 Å². The van der Waals surface area contributed by atoms with Crippen molar-refractivity contribution in [3.63, 3.8) is 0 Å². The number of carbonyl (C=O) groups is 1. The van der Waals surface area contributed by atoms with Gasteiger partial charge in [0.05, 0.1) is 59.0 Å². The van der Waals surface area contributed by atoms with Crippen molar-refractivity contribution in [3.8, 4) is 11.6 Å². The molecular formula is C54H59N9O9S. The number of fused-ring (bicyclic) bond motifs is 4. The second-order valence-electron chi connectivity index (χ2n) is 20.7.